The van der Waals surface area contributed by atoms with Crippen molar-refractivity contribution in [1.29, 1.82) is 0 Å². The van der Waals surface area contributed by atoms with Gasteiger partial charge in [-0.15, -0.1) is 0 Å². The summed E-state index contributed by atoms with van der Waals surface area (Å²) in [6.45, 7) is 5.74. The predicted octanol–water partition coefficient (Wildman–Crippen LogP) is 3.35. The molecule has 0 spiro atoms. The van der Waals surface area contributed by atoms with Crippen LogP contribution < -0.4 is 0 Å². The molecule has 0 saturated carbocycles. The lowest BCUT2D eigenvalue weighted by atomic mass is 10.1. The Morgan fingerprint density at radius 1 is 1.56 bits per heavy atom. The molecule has 0 aliphatic carbocycles. The molecule has 1 aromatic heterocycles. The van der Waals surface area contributed by atoms with Crippen molar-refractivity contribution < 1.29 is 9.90 Å². The lowest BCUT2D eigenvalue weighted by Gasteiger charge is -2.16. The molecule has 88 valence electrons. The van der Waals surface area contributed by atoms with Crippen LogP contribution in [-0.4, -0.2) is 21.3 Å². The van der Waals surface area contributed by atoms with Crippen LogP contribution in [0.1, 0.15) is 19.4 Å². The Morgan fingerprint density at radius 2 is 2.19 bits per heavy atom. The van der Waals surface area contributed by atoms with Gasteiger partial charge in [-0.05, 0) is 40.4 Å². The molecule has 1 N–H and O–H groups in total. The van der Waals surface area contributed by atoms with Crippen LogP contribution in [0.2, 0.25) is 0 Å². The lowest BCUT2D eigenvalue weighted by Crippen LogP contribution is -2.22. The molecule has 0 aliphatic rings. The van der Waals surface area contributed by atoms with Gasteiger partial charge >= 0.3 is 5.97 Å². The Kier molecular flexibility index (Phi) is 4.80. The van der Waals surface area contributed by atoms with Crippen LogP contribution in [0, 0.1) is 12.8 Å². The Bertz CT molecular complexity index is 396. The summed E-state index contributed by atoms with van der Waals surface area (Å²) in [6.07, 6.45) is 1.69. The molecule has 1 aromatic rings. The number of carboxylic acids is 1. The van der Waals surface area contributed by atoms with Gasteiger partial charge in [0.25, 0.3) is 0 Å². The summed E-state index contributed by atoms with van der Waals surface area (Å²) >= 11 is 4.64. The van der Waals surface area contributed by atoms with Crippen LogP contribution in [0.3, 0.4) is 0 Å². The number of aryl methyl sites for hydroxylation is 1. The zero-order chi connectivity index (χ0) is 12.3. The molecular weight excluding hydrogens is 290 g/mol. The van der Waals surface area contributed by atoms with E-state index in [9.17, 15) is 4.79 Å². The molecule has 3 nitrogen and oxygen atoms in total. The summed E-state index contributed by atoms with van der Waals surface area (Å²) in [6, 6.07) is 1.94. The highest BCUT2D eigenvalue weighted by molar-refractivity contribution is 9.10. The highest BCUT2D eigenvalue weighted by Crippen LogP contribution is 2.30. The lowest BCUT2D eigenvalue weighted by molar-refractivity contribution is -0.137. The van der Waals surface area contributed by atoms with Crippen LogP contribution in [-0.2, 0) is 4.79 Å². The van der Waals surface area contributed by atoms with Crippen molar-refractivity contribution in [3.8, 4) is 0 Å². The maximum absolute atomic E-state index is 11.1. The number of aromatic nitrogens is 1. The molecule has 0 bridgehead atoms. The predicted molar refractivity (Wildman–Crippen MR) is 68.8 cm³/mol. The van der Waals surface area contributed by atoms with Crippen LogP contribution >= 0.6 is 27.7 Å². The summed E-state index contributed by atoms with van der Waals surface area (Å²) in [5, 5.41) is 9.42. The number of aliphatic carboxylic acids is 1. The number of rotatable bonds is 4. The number of hydrogen-bond donors (Lipinski definition) is 1. The highest BCUT2D eigenvalue weighted by atomic mass is 79.9. The monoisotopic (exact) mass is 303 g/mol. The molecule has 16 heavy (non-hydrogen) atoms. The topological polar surface area (TPSA) is 50.2 Å². The van der Waals surface area contributed by atoms with Crippen molar-refractivity contribution in [2.45, 2.75) is 31.0 Å². The average Bonchev–Trinajstić information content (AvgIpc) is 2.15. The van der Waals surface area contributed by atoms with Crippen LogP contribution in [0.5, 0.6) is 0 Å². The van der Waals surface area contributed by atoms with Gasteiger partial charge < -0.3 is 5.11 Å². The van der Waals surface area contributed by atoms with E-state index < -0.39 is 11.2 Å². The molecule has 1 atom stereocenters. The molecular formula is C11H14BrNO2S. The third kappa shape index (κ3) is 3.49. The third-order valence-corrected chi connectivity index (χ3v) is 4.17. The zero-order valence-corrected chi connectivity index (χ0v) is 11.8. The van der Waals surface area contributed by atoms with Gasteiger partial charge in [-0.3, -0.25) is 4.79 Å². The second kappa shape index (κ2) is 5.68. The molecule has 5 heteroatoms. The molecule has 1 rings (SSSR count). The second-order valence-corrected chi connectivity index (χ2v) is 5.94. The Labute approximate surface area is 108 Å². The number of hydrogen-bond acceptors (Lipinski definition) is 3. The van der Waals surface area contributed by atoms with E-state index >= 15 is 0 Å². The number of halogens is 1. The summed E-state index contributed by atoms with van der Waals surface area (Å²) in [4.78, 5) is 15.3. The van der Waals surface area contributed by atoms with Crippen LogP contribution in [0.4, 0.5) is 0 Å². The molecule has 0 fully saturated rings. The Hall–Kier alpha value is -0.550. The maximum Gasteiger partial charge on any atom is 0.317 e. The van der Waals surface area contributed by atoms with Crippen molar-refractivity contribution in [2.75, 3.05) is 0 Å². The quantitative estimate of drug-likeness (QED) is 0.867. The van der Waals surface area contributed by atoms with E-state index in [1.54, 1.807) is 6.20 Å². The highest BCUT2D eigenvalue weighted by Gasteiger charge is 2.23. The number of thioether (sulfide) groups is 1. The van der Waals surface area contributed by atoms with Crippen molar-refractivity contribution >= 4 is 33.7 Å². The van der Waals surface area contributed by atoms with Crippen molar-refractivity contribution in [2.24, 2.45) is 5.92 Å². The van der Waals surface area contributed by atoms with Crippen LogP contribution in [0.15, 0.2) is 21.8 Å². The average molecular weight is 304 g/mol. The normalized spacial score (nSPS) is 12.8. The summed E-state index contributed by atoms with van der Waals surface area (Å²) < 4.78 is 0.908. The molecule has 0 radical (unpaired) electrons. The van der Waals surface area contributed by atoms with E-state index in [-0.39, 0.29) is 5.92 Å². The first-order valence-electron chi connectivity index (χ1n) is 4.93. The van der Waals surface area contributed by atoms with Crippen molar-refractivity contribution in [1.82, 2.24) is 4.98 Å². The van der Waals surface area contributed by atoms with Crippen molar-refractivity contribution in [3.63, 3.8) is 0 Å². The standard InChI is InChI=1S/C11H14BrNO2S/c1-6(2)9(11(14)15)16-10-7(3)4-8(12)5-13-10/h4-6,9H,1-3H3,(H,14,15). The minimum atomic E-state index is -0.788. The maximum atomic E-state index is 11.1. The molecule has 1 heterocycles. The van der Waals surface area contributed by atoms with Gasteiger partial charge in [0.15, 0.2) is 0 Å². The van der Waals surface area contributed by atoms with Crippen molar-refractivity contribution in [3.05, 3.63) is 22.3 Å². The first kappa shape index (κ1) is 13.5. The number of pyridine rings is 1. The third-order valence-electron chi connectivity index (χ3n) is 2.08. The molecule has 0 aliphatic heterocycles. The van der Waals surface area contributed by atoms with Gasteiger partial charge in [0, 0.05) is 10.7 Å². The van der Waals surface area contributed by atoms with E-state index in [1.807, 2.05) is 26.8 Å². The van der Waals surface area contributed by atoms with Gasteiger partial charge in [0.2, 0.25) is 0 Å². The van der Waals surface area contributed by atoms with E-state index in [0.29, 0.717) is 0 Å². The number of nitrogens with zero attached hydrogens (tertiary/aromatic N) is 1. The minimum Gasteiger partial charge on any atom is -0.480 e. The summed E-state index contributed by atoms with van der Waals surface area (Å²) in [5.74, 6) is -0.712. The Morgan fingerprint density at radius 3 is 2.62 bits per heavy atom. The van der Waals surface area contributed by atoms with Gasteiger partial charge in [0.05, 0.1) is 5.03 Å². The molecule has 0 aromatic carbocycles. The van der Waals surface area contributed by atoms with Gasteiger partial charge in [-0.1, -0.05) is 25.6 Å². The number of carbonyl (C=O) groups is 1. The molecule has 0 saturated heterocycles. The minimum absolute atomic E-state index is 0.0762. The first-order valence-corrected chi connectivity index (χ1v) is 6.60. The fraction of sp³-hybridized carbons (Fsp3) is 0.455. The largest absolute Gasteiger partial charge is 0.480 e. The Balaban J connectivity index is 2.90. The first-order chi connectivity index (χ1) is 7.41. The fourth-order valence-corrected chi connectivity index (χ4v) is 2.66. The van der Waals surface area contributed by atoms with Gasteiger partial charge in [0.1, 0.15) is 5.25 Å². The summed E-state index contributed by atoms with van der Waals surface area (Å²) in [7, 11) is 0. The van der Waals surface area contributed by atoms with Gasteiger partial charge in [-0.2, -0.15) is 0 Å². The SMILES string of the molecule is Cc1cc(Br)cnc1SC(C(=O)O)C(C)C. The van der Waals surface area contributed by atoms with E-state index in [0.717, 1.165) is 15.1 Å². The van der Waals surface area contributed by atoms with E-state index in [1.165, 1.54) is 11.8 Å². The van der Waals surface area contributed by atoms with Gasteiger partial charge in [-0.25, -0.2) is 4.98 Å². The smallest absolute Gasteiger partial charge is 0.317 e. The summed E-state index contributed by atoms with van der Waals surface area (Å²) in [5.41, 5.74) is 0.992. The zero-order valence-electron chi connectivity index (χ0n) is 9.40. The molecule has 0 amide bonds. The fourth-order valence-electron chi connectivity index (χ4n) is 1.24. The second-order valence-electron chi connectivity index (χ2n) is 3.90. The van der Waals surface area contributed by atoms with E-state index in [4.69, 9.17) is 5.11 Å². The molecule has 1 unspecified atom stereocenters. The number of carboxylic acid groups (broad SMARTS) is 1. The van der Waals surface area contributed by atoms with E-state index in [2.05, 4.69) is 20.9 Å². The van der Waals surface area contributed by atoms with Crippen LogP contribution in [0.25, 0.3) is 0 Å².